The van der Waals surface area contributed by atoms with Crippen molar-refractivity contribution in [3.63, 3.8) is 0 Å². The molecule has 5 amide bonds. The van der Waals surface area contributed by atoms with E-state index in [1.807, 2.05) is 56.3 Å². The topological polar surface area (TPSA) is 155 Å². The Bertz CT molecular complexity index is 1290. The average Bonchev–Trinajstić information content (AvgIpc) is 2.99. The Balaban J connectivity index is 0.000000821. The molecule has 2 aromatic rings. The number of carboxylic acids is 1. The fraction of sp³-hybridized carbons (Fsp3) is 0.414. The van der Waals surface area contributed by atoms with E-state index in [1.54, 1.807) is 17.0 Å². The lowest BCUT2D eigenvalue weighted by atomic mass is 9.98. The number of amides is 5. The Morgan fingerprint density at radius 1 is 1.05 bits per heavy atom. The van der Waals surface area contributed by atoms with Crippen LogP contribution in [0.1, 0.15) is 36.2 Å². The second kappa shape index (κ2) is 16.7. The van der Waals surface area contributed by atoms with E-state index in [-0.39, 0.29) is 19.1 Å². The summed E-state index contributed by atoms with van der Waals surface area (Å²) in [5.41, 5.74) is 3.22. The number of carbonyl (C=O) groups excluding carboxylic acids is 3. The van der Waals surface area contributed by atoms with Gasteiger partial charge < -0.3 is 26.0 Å². The van der Waals surface area contributed by atoms with Crippen molar-refractivity contribution in [2.45, 2.75) is 33.0 Å². The Hall–Kier alpha value is -4.64. The summed E-state index contributed by atoms with van der Waals surface area (Å²) < 4.78 is 31.7. The molecule has 0 saturated carbocycles. The van der Waals surface area contributed by atoms with Crippen LogP contribution in [0.4, 0.5) is 22.8 Å². The van der Waals surface area contributed by atoms with E-state index in [1.165, 1.54) is 0 Å². The number of nitriles is 1. The first-order valence-corrected chi connectivity index (χ1v) is 13.5. The monoisotopic (exact) mass is 604 g/mol. The molecular formula is C29H35F3N6O5. The molecule has 2 aromatic carbocycles. The van der Waals surface area contributed by atoms with Gasteiger partial charge in [-0.25, -0.2) is 14.4 Å². The van der Waals surface area contributed by atoms with Crippen molar-refractivity contribution in [2.75, 3.05) is 39.3 Å². The van der Waals surface area contributed by atoms with Crippen LogP contribution in [0.25, 0.3) is 11.1 Å². The van der Waals surface area contributed by atoms with Gasteiger partial charge in [0.2, 0.25) is 0 Å². The molecule has 0 spiro atoms. The number of urea groups is 2. The van der Waals surface area contributed by atoms with E-state index in [2.05, 4.69) is 16.0 Å². The maximum atomic E-state index is 13.1. The van der Waals surface area contributed by atoms with E-state index in [0.29, 0.717) is 37.5 Å². The summed E-state index contributed by atoms with van der Waals surface area (Å²) in [5, 5.41) is 24.6. The zero-order valence-electron chi connectivity index (χ0n) is 23.9. The van der Waals surface area contributed by atoms with Gasteiger partial charge in [0.15, 0.2) is 0 Å². The van der Waals surface area contributed by atoms with Gasteiger partial charge in [0.05, 0.1) is 6.07 Å². The van der Waals surface area contributed by atoms with Crippen molar-refractivity contribution in [1.82, 2.24) is 25.8 Å². The first kappa shape index (κ1) is 34.6. The fourth-order valence-electron chi connectivity index (χ4n) is 3.95. The molecule has 4 N–H and O–H groups in total. The zero-order chi connectivity index (χ0) is 32.0. The number of nitrogens with one attached hydrogen (secondary N) is 3. The van der Waals surface area contributed by atoms with Crippen LogP contribution in [0.2, 0.25) is 0 Å². The van der Waals surface area contributed by atoms with E-state index >= 15 is 0 Å². The summed E-state index contributed by atoms with van der Waals surface area (Å²) in [6.07, 6.45) is -4.42. The van der Waals surface area contributed by atoms with Gasteiger partial charge in [-0.1, -0.05) is 50.2 Å². The van der Waals surface area contributed by atoms with Crippen LogP contribution in [0.3, 0.4) is 0 Å². The summed E-state index contributed by atoms with van der Waals surface area (Å²) in [4.78, 5) is 50.0. The lowest BCUT2D eigenvalue weighted by molar-refractivity contribution is -0.192. The average molecular weight is 605 g/mol. The summed E-state index contributed by atoms with van der Waals surface area (Å²) in [5.74, 6) is -2.85. The van der Waals surface area contributed by atoms with Gasteiger partial charge >= 0.3 is 24.2 Å². The third-order valence-corrected chi connectivity index (χ3v) is 6.28. The number of alkyl halides is 3. The number of halogens is 3. The normalized spacial score (nSPS) is 12.8. The van der Waals surface area contributed by atoms with Crippen LogP contribution in [0.15, 0.2) is 48.5 Å². The number of carbonyl (C=O) groups is 4. The van der Waals surface area contributed by atoms with Gasteiger partial charge in [-0.15, -0.1) is 0 Å². The van der Waals surface area contributed by atoms with Gasteiger partial charge in [0.25, 0.3) is 5.91 Å². The summed E-state index contributed by atoms with van der Waals surface area (Å²) in [6, 6.07) is 16.1. The van der Waals surface area contributed by atoms with Gasteiger partial charge in [-0.3, -0.25) is 9.69 Å². The second-order valence-electron chi connectivity index (χ2n) is 9.89. The molecule has 0 unspecified atom stereocenters. The molecule has 0 bridgehead atoms. The Labute approximate surface area is 247 Å². The minimum Gasteiger partial charge on any atom is -0.475 e. The highest BCUT2D eigenvalue weighted by molar-refractivity contribution is 6.04. The molecule has 0 aromatic heterocycles. The van der Waals surface area contributed by atoms with Crippen molar-refractivity contribution < 1.29 is 37.5 Å². The Kier molecular flexibility index (Phi) is 13.4. The zero-order valence-corrected chi connectivity index (χ0v) is 23.9. The number of hydrogen-bond donors (Lipinski definition) is 4. The Morgan fingerprint density at radius 2 is 1.65 bits per heavy atom. The largest absolute Gasteiger partial charge is 0.490 e. The van der Waals surface area contributed by atoms with E-state index in [4.69, 9.17) is 15.2 Å². The first-order valence-electron chi connectivity index (χ1n) is 13.5. The van der Waals surface area contributed by atoms with Crippen molar-refractivity contribution in [2.24, 2.45) is 5.92 Å². The molecule has 1 aliphatic heterocycles. The first-order chi connectivity index (χ1) is 20.3. The minimum atomic E-state index is -5.08. The van der Waals surface area contributed by atoms with Crippen molar-refractivity contribution in [1.29, 1.82) is 5.26 Å². The fourth-order valence-corrected chi connectivity index (χ4v) is 3.95. The smallest absolute Gasteiger partial charge is 0.475 e. The number of carboxylic acid groups (broad SMARTS) is 1. The molecule has 1 saturated heterocycles. The molecule has 11 nitrogen and oxygen atoms in total. The summed E-state index contributed by atoms with van der Waals surface area (Å²) >= 11 is 0. The molecular weight excluding hydrogens is 569 g/mol. The molecule has 1 aliphatic rings. The highest BCUT2D eigenvalue weighted by Crippen LogP contribution is 2.25. The maximum absolute atomic E-state index is 13.1. The van der Waals surface area contributed by atoms with Crippen LogP contribution in [-0.4, -0.2) is 84.3 Å². The van der Waals surface area contributed by atoms with Crippen molar-refractivity contribution in [3.05, 3.63) is 59.7 Å². The molecule has 3 rings (SSSR count). The highest BCUT2D eigenvalue weighted by atomic mass is 19.4. The third kappa shape index (κ3) is 11.3. The third-order valence-electron chi connectivity index (χ3n) is 6.28. The molecule has 0 atom stereocenters. The molecule has 0 radical (unpaired) electrons. The molecule has 232 valence electrons. The van der Waals surface area contributed by atoms with Crippen molar-refractivity contribution in [3.8, 4) is 17.2 Å². The Morgan fingerprint density at radius 3 is 2.21 bits per heavy atom. The quantitative estimate of drug-likeness (QED) is 0.334. The number of benzene rings is 2. The van der Waals surface area contributed by atoms with Crippen LogP contribution in [0, 0.1) is 17.2 Å². The summed E-state index contributed by atoms with van der Waals surface area (Å²) in [7, 11) is 0. The number of imide groups is 1. The van der Waals surface area contributed by atoms with E-state index < -0.39 is 24.1 Å². The van der Waals surface area contributed by atoms with Crippen LogP contribution < -0.4 is 16.0 Å². The lowest BCUT2D eigenvalue weighted by Gasteiger charge is -2.27. The van der Waals surface area contributed by atoms with Crippen LogP contribution in [0.5, 0.6) is 0 Å². The van der Waals surface area contributed by atoms with Gasteiger partial charge in [0, 0.05) is 44.8 Å². The van der Waals surface area contributed by atoms with Crippen molar-refractivity contribution >= 4 is 23.9 Å². The predicted octanol–water partition coefficient (Wildman–Crippen LogP) is 3.82. The molecule has 1 fully saturated rings. The minimum absolute atomic E-state index is 0.0802. The number of nitrogens with zero attached hydrogens (tertiary/aromatic N) is 3. The number of rotatable bonds is 8. The van der Waals surface area contributed by atoms with Gasteiger partial charge in [0.1, 0.15) is 6.54 Å². The molecule has 1 heterocycles. The van der Waals surface area contributed by atoms with Gasteiger partial charge in [-0.2, -0.15) is 18.4 Å². The standard InChI is InChI=1S/C27H34N6O3.C2HF3O2/c1-20(2)11-16-33(27(36)30-13-12-28)25(34)22-9-7-21(8-10-22)24-6-4-3-5-23(24)19-31-26(35)32-17-14-29-15-18-32;3-2(4,5)1(6)7/h3-10,20,29H,11,13-19H2,1-2H3,(H,30,36)(H,31,35);(H,6,7). The molecule has 43 heavy (non-hydrogen) atoms. The van der Waals surface area contributed by atoms with Crippen LogP contribution >= 0.6 is 0 Å². The maximum Gasteiger partial charge on any atom is 0.490 e. The number of hydrogen-bond acceptors (Lipinski definition) is 6. The predicted molar refractivity (Wildman–Crippen MR) is 152 cm³/mol. The lowest BCUT2D eigenvalue weighted by Crippen LogP contribution is -2.50. The number of piperazine rings is 1. The van der Waals surface area contributed by atoms with Crippen LogP contribution in [-0.2, 0) is 11.3 Å². The molecule has 0 aliphatic carbocycles. The second-order valence-corrected chi connectivity index (χ2v) is 9.89. The van der Waals surface area contributed by atoms with Gasteiger partial charge in [-0.05, 0) is 41.2 Å². The molecule has 14 heteroatoms. The van der Waals surface area contributed by atoms with E-state index in [0.717, 1.165) is 34.7 Å². The summed E-state index contributed by atoms with van der Waals surface area (Å²) in [6.45, 7) is 7.51. The number of aliphatic carboxylic acids is 1. The van der Waals surface area contributed by atoms with E-state index in [9.17, 15) is 27.6 Å². The SMILES string of the molecule is CC(C)CCN(C(=O)NCC#N)C(=O)c1ccc(-c2ccccc2CNC(=O)N2CCNCC2)cc1.O=C(O)C(F)(F)F. The highest BCUT2D eigenvalue weighted by Gasteiger charge is 2.38.